The topological polar surface area (TPSA) is 105 Å². The summed E-state index contributed by atoms with van der Waals surface area (Å²) in [6, 6.07) is 5.72. The minimum Gasteiger partial charge on any atom is -0.326 e. The molecule has 7 nitrogen and oxygen atoms in total. The fourth-order valence-corrected chi connectivity index (χ4v) is 4.32. The highest BCUT2D eigenvalue weighted by atomic mass is 16.2. The van der Waals surface area contributed by atoms with Gasteiger partial charge >= 0.3 is 0 Å². The van der Waals surface area contributed by atoms with E-state index >= 15 is 0 Å². The van der Waals surface area contributed by atoms with Crippen LogP contribution in [0.4, 0.5) is 0 Å². The number of fused-ring (bicyclic) bond motifs is 1. The molecule has 2 fully saturated rings. The summed E-state index contributed by atoms with van der Waals surface area (Å²) in [7, 11) is 0. The number of nitrogens with two attached hydrogens (primary N) is 1. The minimum atomic E-state index is -0.573. The van der Waals surface area contributed by atoms with Crippen LogP contribution < -0.4 is 16.4 Å². The number of hydrogen-bond acceptors (Lipinski definition) is 5. The number of nitrogens with one attached hydrogen (secondary N) is 2. The van der Waals surface area contributed by atoms with Crippen LogP contribution in [0.1, 0.15) is 53.6 Å². The summed E-state index contributed by atoms with van der Waals surface area (Å²) in [5.41, 5.74) is 8.70. The van der Waals surface area contributed by atoms with E-state index in [0.717, 1.165) is 30.4 Å². The monoisotopic (exact) mass is 356 g/mol. The van der Waals surface area contributed by atoms with Gasteiger partial charge < -0.3 is 16.0 Å². The zero-order valence-corrected chi connectivity index (χ0v) is 14.7. The lowest BCUT2D eigenvalue weighted by atomic mass is 10.0. The summed E-state index contributed by atoms with van der Waals surface area (Å²) in [6.07, 6.45) is 3.88. The molecule has 1 aromatic carbocycles. The van der Waals surface area contributed by atoms with E-state index in [4.69, 9.17) is 5.73 Å². The van der Waals surface area contributed by atoms with Gasteiger partial charge in [-0.3, -0.25) is 19.7 Å². The fraction of sp³-hybridized carbons (Fsp3) is 0.526. The Balaban J connectivity index is 1.51. The summed E-state index contributed by atoms with van der Waals surface area (Å²) in [5, 5.41) is 5.82. The maximum absolute atomic E-state index is 13.0. The molecule has 0 spiro atoms. The van der Waals surface area contributed by atoms with E-state index in [0.29, 0.717) is 25.1 Å². The van der Waals surface area contributed by atoms with Crippen molar-refractivity contribution in [3.63, 3.8) is 0 Å². The predicted molar refractivity (Wildman–Crippen MR) is 94.9 cm³/mol. The lowest BCUT2D eigenvalue weighted by Gasteiger charge is -2.29. The molecule has 2 aliphatic heterocycles. The van der Waals surface area contributed by atoms with Crippen molar-refractivity contribution in [2.45, 2.75) is 63.3 Å². The molecule has 1 unspecified atom stereocenters. The van der Waals surface area contributed by atoms with Crippen LogP contribution in [0.3, 0.4) is 0 Å². The number of nitrogens with zero attached hydrogens (tertiary/aromatic N) is 1. The Bertz CT molecular complexity index is 763. The summed E-state index contributed by atoms with van der Waals surface area (Å²) < 4.78 is 0. The smallest absolute Gasteiger partial charge is 0.255 e. The maximum Gasteiger partial charge on any atom is 0.255 e. The van der Waals surface area contributed by atoms with Gasteiger partial charge in [-0.25, -0.2) is 0 Å². The SMILES string of the molecule is N[C@@H]1CCC[C@@H]1NCc1cccc2c1C(=O)N(C1CCC(=O)NC1=O)C2. The molecular weight excluding hydrogens is 332 g/mol. The molecular formula is C19H24N4O3. The second kappa shape index (κ2) is 6.81. The molecule has 1 saturated carbocycles. The minimum absolute atomic E-state index is 0.123. The number of rotatable bonds is 4. The van der Waals surface area contributed by atoms with Gasteiger partial charge in [0, 0.05) is 37.2 Å². The van der Waals surface area contributed by atoms with Crippen LogP contribution in [0.2, 0.25) is 0 Å². The summed E-state index contributed by atoms with van der Waals surface area (Å²) in [5.74, 6) is -0.769. The number of carbonyl (C=O) groups excluding carboxylic acids is 3. The maximum atomic E-state index is 13.0. The summed E-state index contributed by atoms with van der Waals surface area (Å²) in [4.78, 5) is 38.1. The van der Waals surface area contributed by atoms with Crippen LogP contribution in [0.25, 0.3) is 0 Å². The Morgan fingerprint density at radius 3 is 2.77 bits per heavy atom. The Kier molecular flexibility index (Phi) is 4.50. The third-order valence-electron chi connectivity index (χ3n) is 5.76. The highest BCUT2D eigenvalue weighted by molar-refractivity contribution is 6.05. The molecule has 4 N–H and O–H groups in total. The van der Waals surface area contributed by atoms with Crippen LogP contribution in [-0.4, -0.2) is 40.7 Å². The Labute approximate surface area is 152 Å². The van der Waals surface area contributed by atoms with Crippen LogP contribution in [0, 0.1) is 0 Å². The van der Waals surface area contributed by atoms with Crippen LogP contribution in [-0.2, 0) is 22.7 Å². The van der Waals surface area contributed by atoms with Crippen LogP contribution in [0.5, 0.6) is 0 Å². The van der Waals surface area contributed by atoms with Crippen molar-refractivity contribution in [3.8, 4) is 0 Å². The molecule has 3 aliphatic rings. The van der Waals surface area contributed by atoms with E-state index in [1.165, 1.54) is 0 Å². The second-order valence-corrected chi connectivity index (χ2v) is 7.43. The second-order valence-electron chi connectivity index (χ2n) is 7.43. The van der Waals surface area contributed by atoms with Gasteiger partial charge in [-0.15, -0.1) is 0 Å². The first-order chi connectivity index (χ1) is 12.5. The van der Waals surface area contributed by atoms with Crippen molar-refractivity contribution in [3.05, 3.63) is 34.9 Å². The van der Waals surface area contributed by atoms with Crippen LogP contribution >= 0.6 is 0 Å². The van der Waals surface area contributed by atoms with E-state index in [9.17, 15) is 14.4 Å². The Hall–Kier alpha value is -2.25. The first-order valence-electron chi connectivity index (χ1n) is 9.29. The normalized spacial score (nSPS) is 28.4. The van der Waals surface area contributed by atoms with Gasteiger partial charge in [0.15, 0.2) is 0 Å². The molecule has 3 amide bonds. The largest absolute Gasteiger partial charge is 0.326 e. The third kappa shape index (κ3) is 3.01. The summed E-state index contributed by atoms with van der Waals surface area (Å²) >= 11 is 0. The standard InChI is InChI=1S/C19H24N4O3/c20-13-5-2-6-14(13)21-9-11-3-1-4-12-10-23(19(26)17(11)12)15-7-8-16(24)22-18(15)25/h1,3-4,13-15,21H,2,5-10,20H2,(H,22,24,25)/t13-,14+,15?/m1/s1. The molecule has 7 heteroatoms. The first kappa shape index (κ1) is 17.2. The van der Waals surface area contributed by atoms with Gasteiger partial charge in [-0.05, 0) is 30.4 Å². The zero-order chi connectivity index (χ0) is 18.3. The van der Waals surface area contributed by atoms with Crippen molar-refractivity contribution in [2.75, 3.05) is 0 Å². The van der Waals surface area contributed by atoms with E-state index in [1.54, 1.807) is 4.90 Å². The molecule has 2 heterocycles. The van der Waals surface area contributed by atoms with Crippen molar-refractivity contribution in [2.24, 2.45) is 5.73 Å². The molecule has 4 rings (SSSR count). The summed E-state index contributed by atoms with van der Waals surface area (Å²) in [6.45, 7) is 1.01. The number of carbonyl (C=O) groups is 3. The highest BCUT2D eigenvalue weighted by Crippen LogP contribution is 2.30. The molecule has 26 heavy (non-hydrogen) atoms. The molecule has 3 atom stereocenters. The lowest BCUT2D eigenvalue weighted by molar-refractivity contribution is -0.136. The zero-order valence-electron chi connectivity index (χ0n) is 14.7. The van der Waals surface area contributed by atoms with E-state index in [-0.39, 0.29) is 36.2 Å². The lowest BCUT2D eigenvalue weighted by Crippen LogP contribution is -2.52. The van der Waals surface area contributed by atoms with Gasteiger partial charge in [0.2, 0.25) is 11.8 Å². The molecule has 1 aliphatic carbocycles. The number of hydrogen-bond donors (Lipinski definition) is 3. The molecule has 0 radical (unpaired) electrons. The molecule has 0 bridgehead atoms. The van der Waals surface area contributed by atoms with Gasteiger partial charge in [0.05, 0.1) is 0 Å². The highest BCUT2D eigenvalue weighted by Gasteiger charge is 2.40. The van der Waals surface area contributed by atoms with Gasteiger partial charge in [0.1, 0.15) is 6.04 Å². The molecule has 1 saturated heterocycles. The van der Waals surface area contributed by atoms with Crippen LogP contribution in [0.15, 0.2) is 18.2 Å². The predicted octanol–water partition coefficient (Wildman–Crippen LogP) is 0.417. The Morgan fingerprint density at radius 1 is 1.19 bits per heavy atom. The number of amides is 3. The first-order valence-corrected chi connectivity index (χ1v) is 9.29. The number of imide groups is 1. The van der Waals surface area contributed by atoms with Crippen molar-refractivity contribution in [1.82, 2.24) is 15.5 Å². The Morgan fingerprint density at radius 2 is 2.04 bits per heavy atom. The van der Waals surface area contributed by atoms with Crippen molar-refractivity contribution >= 4 is 17.7 Å². The number of benzene rings is 1. The van der Waals surface area contributed by atoms with Gasteiger partial charge in [-0.1, -0.05) is 24.6 Å². The number of piperidine rings is 1. The van der Waals surface area contributed by atoms with E-state index < -0.39 is 6.04 Å². The van der Waals surface area contributed by atoms with Crippen molar-refractivity contribution in [1.29, 1.82) is 0 Å². The molecule has 138 valence electrons. The average Bonchev–Trinajstić information content (AvgIpc) is 3.17. The van der Waals surface area contributed by atoms with Gasteiger partial charge in [0.25, 0.3) is 5.91 Å². The third-order valence-corrected chi connectivity index (χ3v) is 5.76. The average molecular weight is 356 g/mol. The quantitative estimate of drug-likeness (QED) is 0.678. The fourth-order valence-electron chi connectivity index (χ4n) is 4.32. The van der Waals surface area contributed by atoms with E-state index in [1.807, 2.05) is 18.2 Å². The van der Waals surface area contributed by atoms with Crippen molar-refractivity contribution < 1.29 is 14.4 Å². The van der Waals surface area contributed by atoms with E-state index in [2.05, 4.69) is 10.6 Å². The molecule has 0 aromatic heterocycles. The molecule has 1 aromatic rings. The van der Waals surface area contributed by atoms with Gasteiger partial charge in [-0.2, -0.15) is 0 Å².